The van der Waals surface area contributed by atoms with Crippen LogP contribution in [0.4, 0.5) is 0 Å². The van der Waals surface area contributed by atoms with Gasteiger partial charge in [-0.1, -0.05) is 26.2 Å². The van der Waals surface area contributed by atoms with Crippen LogP contribution >= 0.6 is 30.8 Å². The quantitative estimate of drug-likeness (QED) is 0.337. The number of phosphoric acid groups is 1. The first kappa shape index (κ1) is 17.2. The maximum atomic E-state index is 10.7. The van der Waals surface area contributed by atoms with Gasteiger partial charge in [-0.25, -0.2) is 7.42 Å². The Kier molecular flexibility index (Phi) is 13.7. The first-order valence-electron chi connectivity index (χ1n) is 3.90. The Morgan fingerprint density at radius 1 is 1.38 bits per heavy atom. The van der Waals surface area contributed by atoms with E-state index in [-0.39, 0.29) is 36.2 Å². The summed E-state index contributed by atoms with van der Waals surface area (Å²) >= 11 is 1.36. The van der Waals surface area contributed by atoms with Gasteiger partial charge in [0.2, 0.25) is 0 Å². The average molecular weight is 332 g/mol. The van der Waals surface area contributed by atoms with Gasteiger partial charge in [0.1, 0.15) is 23.0 Å². The van der Waals surface area contributed by atoms with Crippen molar-refractivity contribution in [2.45, 2.75) is 32.6 Å². The van der Waals surface area contributed by atoms with Gasteiger partial charge in [0, 0.05) is 0 Å². The molecule has 0 rings (SSSR count). The van der Waals surface area contributed by atoms with Crippen molar-refractivity contribution in [1.29, 1.82) is 0 Å². The summed E-state index contributed by atoms with van der Waals surface area (Å²) in [5, 5.41) is 0. The maximum absolute atomic E-state index is 10.7. The zero-order valence-corrected chi connectivity index (χ0v) is 10.1. The SMILES string of the molecule is CCCCCCOP(=O)(O)OI.[NaH]. The Morgan fingerprint density at radius 2 is 2.00 bits per heavy atom. The molecule has 0 aromatic heterocycles. The molecule has 0 saturated heterocycles. The third-order valence-electron chi connectivity index (χ3n) is 1.34. The Balaban J connectivity index is 0. The van der Waals surface area contributed by atoms with Gasteiger partial charge >= 0.3 is 37.4 Å². The van der Waals surface area contributed by atoms with Crippen molar-refractivity contribution in [3.63, 3.8) is 0 Å². The van der Waals surface area contributed by atoms with Gasteiger partial charge in [-0.3, -0.25) is 4.52 Å². The van der Waals surface area contributed by atoms with Gasteiger partial charge in [0.15, 0.2) is 0 Å². The second-order valence-electron chi connectivity index (χ2n) is 2.43. The monoisotopic (exact) mass is 332 g/mol. The predicted molar refractivity (Wildman–Crippen MR) is 62.2 cm³/mol. The first-order valence-corrected chi connectivity index (χ1v) is 6.27. The molecule has 0 bridgehead atoms. The Labute approximate surface area is 115 Å². The number of phosphoric ester groups is 1. The molecule has 0 amide bonds. The van der Waals surface area contributed by atoms with Crippen LogP contribution in [0.15, 0.2) is 0 Å². The van der Waals surface area contributed by atoms with Gasteiger partial charge < -0.3 is 4.89 Å². The van der Waals surface area contributed by atoms with Crippen molar-refractivity contribution in [2.24, 2.45) is 0 Å². The molecule has 4 nitrogen and oxygen atoms in total. The zero-order chi connectivity index (χ0) is 9.45. The molecule has 0 fully saturated rings. The molecule has 7 heteroatoms. The van der Waals surface area contributed by atoms with Crippen molar-refractivity contribution >= 4 is 60.4 Å². The molecular weight excluding hydrogens is 317 g/mol. The van der Waals surface area contributed by atoms with Crippen LogP contribution in [0.5, 0.6) is 0 Å². The summed E-state index contributed by atoms with van der Waals surface area (Å²) < 4.78 is 19.5. The third kappa shape index (κ3) is 11.8. The van der Waals surface area contributed by atoms with Crippen molar-refractivity contribution in [3.05, 3.63) is 0 Å². The van der Waals surface area contributed by atoms with E-state index >= 15 is 0 Å². The van der Waals surface area contributed by atoms with Gasteiger partial charge in [-0.15, -0.1) is 0 Å². The van der Waals surface area contributed by atoms with E-state index < -0.39 is 7.82 Å². The molecule has 0 aromatic carbocycles. The molecule has 0 heterocycles. The van der Waals surface area contributed by atoms with E-state index in [0.29, 0.717) is 0 Å². The number of hydrogen-bond donors (Lipinski definition) is 1. The number of halogens is 1. The second-order valence-corrected chi connectivity index (χ2v) is 4.95. The van der Waals surface area contributed by atoms with Gasteiger partial charge in [0.05, 0.1) is 6.61 Å². The van der Waals surface area contributed by atoms with Crippen molar-refractivity contribution in [3.8, 4) is 0 Å². The van der Waals surface area contributed by atoms with Crippen LogP contribution in [-0.4, -0.2) is 41.1 Å². The van der Waals surface area contributed by atoms with Gasteiger partial charge in [0.25, 0.3) is 0 Å². The third-order valence-corrected chi connectivity index (χ3v) is 3.52. The summed E-state index contributed by atoms with van der Waals surface area (Å²) in [4.78, 5) is 8.78. The molecule has 1 unspecified atom stereocenters. The second kappa shape index (κ2) is 10.4. The van der Waals surface area contributed by atoms with E-state index in [1.54, 1.807) is 0 Å². The molecule has 0 aliphatic carbocycles. The average Bonchev–Trinajstić information content (AvgIpc) is 2.04. The fourth-order valence-corrected chi connectivity index (χ4v) is 1.47. The normalized spacial score (nSPS) is 14.7. The van der Waals surface area contributed by atoms with Crippen molar-refractivity contribution in [2.75, 3.05) is 6.61 Å². The topological polar surface area (TPSA) is 55.8 Å². The van der Waals surface area contributed by atoms with Gasteiger partial charge in [-0.05, 0) is 6.42 Å². The van der Waals surface area contributed by atoms with E-state index in [4.69, 9.17) is 4.89 Å². The van der Waals surface area contributed by atoms with Gasteiger partial charge in [-0.2, -0.15) is 0 Å². The molecular formula is C6H15INaO4P. The van der Waals surface area contributed by atoms with Crippen LogP contribution in [0.25, 0.3) is 0 Å². The van der Waals surface area contributed by atoms with Crippen molar-refractivity contribution < 1.29 is 16.8 Å². The fourth-order valence-electron chi connectivity index (χ4n) is 0.729. The fraction of sp³-hybridized carbons (Fsp3) is 1.00. The zero-order valence-electron chi connectivity index (χ0n) is 7.03. The summed E-state index contributed by atoms with van der Waals surface area (Å²) in [6, 6.07) is 0. The minimum absolute atomic E-state index is 0. The van der Waals surface area contributed by atoms with Crippen LogP contribution in [0.3, 0.4) is 0 Å². The van der Waals surface area contributed by atoms with Crippen LogP contribution in [0, 0.1) is 0 Å². The molecule has 1 atom stereocenters. The molecule has 76 valence electrons. The Hall–Kier alpha value is 1.84. The summed E-state index contributed by atoms with van der Waals surface area (Å²) in [6.45, 7) is 2.39. The first-order chi connectivity index (χ1) is 5.62. The molecule has 0 radical (unpaired) electrons. The molecule has 0 aliphatic heterocycles. The van der Waals surface area contributed by atoms with E-state index in [1.807, 2.05) is 0 Å². The number of rotatable bonds is 7. The van der Waals surface area contributed by atoms with E-state index in [2.05, 4.69) is 14.3 Å². The van der Waals surface area contributed by atoms with E-state index in [0.717, 1.165) is 25.7 Å². The summed E-state index contributed by atoms with van der Waals surface area (Å²) in [6.07, 6.45) is 4.10. The van der Waals surface area contributed by atoms with Crippen LogP contribution in [0.2, 0.25) is 0 Å². The summed E-state index contributed by atoms with van der Waals surface area (Å²) in [5.74, 6) is 0. The minimum atomic E-state index is -3.74. The molecule has 0 aliphatic rings. The van der Waals surface area contributed by atoms with E-state index in [1.165, 1.54) is 23.0 Å². The van der Waals surface area contributed by atoms with E-state index in [9.17, 15) is 4.57 Å². The van der Waals surface area contributed by atoms with Crippen LogP contribution in [-0.2, 0) is 11.9 Å². The molecule has 0 aromatic rings. The molecule has 0 spiro atoms. The Bertz CT molecular complexity index is 158. The molecule has 13 heavy (non-hydrogen) atoms. The van der Waals surface area contributed by atoms with Crippen LogP contribution < -0.4 is 0 Å². The number of hydrogen-bond acceptors (Lipinski definition) is 3. The summed E-state index contributed by atoms with van der Waals surface area (Å²) in [5.41, 5.74) is 0. The molecule has 1 N–H and O–H groups in total. The predicted octanol–water partition coefficient (Wildman–Crippen LogP) is 2.40. The standard InChI is InChI=1S/C6H14IO4P.Na.H/c1-2-3-4-5-6-10-12(8,9)11-7;;/h2-6H2,1H3,(H,8,9);;. The molecule has 0 saturated carbocycles. The summed E-state index contributed by atoms with van der Waals surface area (Å²) in [7, 11) is -3.74. The number of unbranched alkanes of at least 4 members (excludes halogenated alkanes) is 3. The Morgan fingerprint density at radius 3 is 2.46 bits per heavy atom. The van der Waals surface area contributed by atoms with Crippen LogP contribution in [0.1, 0.15) is 32.6 Å². The van der Waals surface area contributed by atoms with Crippen molar-refractivity contribution in [1.82, 2.24) is 0 Å².